The summed E-state index contributed by atoms with van der Waals surface area (Å²) < 4.78 is 24.0. The van der Waals surface area contributed by atoms with Crippen molar-refractivity contribution in [2.45, 2.75) is 6.54 Å². The quantitative estimate of drug-likeness (QED) is 0.434. The number of hydrogen-bond acceptors (Lipinski definition) is 4. The Balaban J connectivity index is 3.15. The highest BCUT2D eigenvalue weighted by atomic mass is 32.2. The monoisotopic (exact) mass is 210 g/mol. The van der Waals surface area contributed by atoms with Gasteiger partial charge in [0, 0.05) is 4.91 Å². The van der Waals surface area contributed by atoms with Crippen molar-refractivity contribution in [1.82, 2.24) is 0 Å². The van der Waals surface area contributed by atoms with E-state index < -0.39 is 10.5 Å². The molecular formula is C7H6N4O2S. The third kappa shape index (κ3) is 2.89. The van der Waals surface area contributed by atoms with Crippen molar-refractivity contribution in [2.24, 2.45) is 9.48 Å². The molecular weight excluding hydrogens is 204 g/mol. The number of azide groups is 1. The fraction of sp³-hybridized carbons (Fsp3) is 0.143. The van der Waals surface area contributed by atoms with Crippen molar-refractivity contribution in [3.05, 3.63) is 40.3 Å². The zero-order chi connectivity index (χ0) is 10.4. The molecule has 7 heteroatoms. The van der Waals surface area contributed by atoms with E-state index in [4.69, 9.17) is 5.53 Å². The summed E-state index contributed by atoms with van der Waals surface area (Å²) in [6.45, 7) is 0.0906. The minimum Gasteiger partial charge on any atom is -0.163 e. The summed E-state index contributed by atoms with van der Waals surface area (Å²) in [6.07, 6.45) is 0. The first-order valence-corrected chi connectivity index (χ1v) is 4.67. The van der Waals surface area contributed by atoms with Crippen LogP contribution in [0.1, 0.15) is 5.56 Å². The van der Waals surface area contributed by atoms with Gasteiger partial charge >= 0.3 is 10.5 Å². The Morgan fingerprint density at radius 2 is 2.07 bits per heavy atom. The number of hydrogen-bond donors (Lipinski definition) is 0. The summed E-state index contributed by atoms with van der Waals surface area (Å²) >= 11 is 0. The molecule has 0 spiro atoms. The number of benzene rings is 1. The highest BCUT2D eigenvalue weighted by Crippen LogP contribution is 2.19. The molecule has 0 unspecified atom stereocenters. The van der Waals surface area contributed by atoms with E-state index in [1.807, 2.05) is 0 Å². The van der Waals surface area contributed by atoms with Gasteiger partial charge in [-0.1, -0.05) is 23.3 Å². The van der Waals surface area contributed by atoms with Crippen LogP contribution in [0.2, 0.25) is 0 Å². The first kappa shape index (κ1) is 10.2. The molecule has 72 valence electrons. The second-order valence-corrected chi connectivity index (χ2v) is 2.94. The first-order valence-electron chi connectivity index (χ1n) is 3.64. The Labute approximate surface area is 81.5 Å². The van der Waals surface area contributed by atoms with Crippen molar-refractivity contribution >= 4 is 16.2 Å². The number of rotatable bonds is 3. The van der Waals surface area contributed by atoms with Crippen LogP contribution in [0.5, 0.6) is 0 Å². The normalized spacial score (nSPS) is 8.86. The van der Waals surface area contributed by atoms with Gasteiger partial charge in [-0.25, -0.2) is 0 Å². The standard InChI is InChI=1S/C7H6N4O2S/c8-11-9-5-6-3-1-2-4-7(6)10-14(12)13/h1-4H,5H2. The average molecular weight is 210 g/mol. The average Bonchev–Trinajstić information content (AvgIpc) is 2.16. The van der Waals surface area contributed by atoms with Crippen LogP contribution < -0.4 is 0 Å². The van der Waals surface area contributed by atoms with Crippen molar-refractivity contribution < 1.29 is 8.42 Å². The molecule has 0 aliphatic rings. The molecule has 0 N–H and O–H groups in total. The van der Waals surface area contributed by atoms with Gasteiger partial charge in [0.2, 0.25) is 0 Å². The van der Waals surface area contributed by atoms with E-state index in [0.717, 1.165) is 0 Å². The second-order valence-electron chi connectivity index (χ2n) is 2.33. The van der Waals surface area contributed by atoms with Crippen LogP contribution in [-0.2, 0) is 17.0 Å². The molecule has 6 nitrogen and oxygen atoms in total. The fourth-order valence-electron chi connectivity index (χ4n) is 0.922. The highest BCUT2D eigenvalue weighted by Gasteiger charge is 1.98. The molecule has 0 bridgehead atoms. The lowest BCUT2D eigenvalue weighted by Crippen LogP contribution is -1.80. The molecule has 14 heavy (non-hydrogen) atoms. The van der Waals surface area contributed by atoms with Gasteiger partial charge in [0.25, 0.3) is 0 Å². The first-order chi connectivity index (χ1) is 6.74. The van der Waals surface area contributed by atoms with Gasteiger partial charge < -0.3 is 0 Å². The summed E-state index contributed by atoms with van der Waals surface area (Å²) in [5, 5.41) is 3.33. The Morgan fingerprint density at radius 1 is 1.36 bits per heavy atom. The highest BCUT2D eigenvalue weighted by molar-refractivity contribution is 7.61. The molecule has 0 saturated carbocycles. The lowest BCUT2D eigenvalue weighted by atomic mass is 10.2. The number of nitrogens with zero attached hydrogens (tertiary/aromatic N) is 4. The Kier molecular flexibility index (Phi) is 3.66. The largest absolute Gasteiger partial charge is 0.316 e. The van der Waals surface area contributed by atoms with Crippen molar-refractivity contribution in [3.63, 3.8) is 0 Å². The van der Waals surface area contributed by atoms with Gasteiger partial charge in [-0.2, -0.15) is 8.42 Å². The second kappa shape index (κ2) is 5.00. The van der Waals surface area contributed by atoms with E-state index in [9.17, 15) is 8.42 Å². The van der Waals surface area contributed by atoms with Gasteiger partial charge in [0.1, 0.15) is 0 Å². The summed E-state index contributed by atoms with van der Waals surface area (Å²) in [5.41, 5.74) is 8.98. The third-order valence-corrected chi connectivity index (χ3v) is 1.81. The van der Waals surface area contributed by atoms with E-state index in [1.165, 1.54) is 6.07 Å². The van der Waals surface area contributed by atoms with Gasteiger partial charge in [0.05, 0.1) is 12.2 Å². The van der Waals surface area contributed by atoms with Gasteiger partial charge in [-0.3, -0.25) is 0 Å². The summed E-state index contributed by atoms with van der Waals surface area (Å²) in [7, 11) is -2.49. The molecule has 0 heterocycles. The SMILES string of the molecule is [N-]=[N+]=NCc1ccccc1N=S(=O)=O. The Morgan fingerprint density at radius 3 is 2.71 bits per heavy atom. The molecule has 1 rings (SSSR count). The van der Waals surface area contributed by atoms with Crippen molar-refractivity contribution in [2.75, 3.05) is 0 Å². The third-order valence-electron chi connectivity index (χ3n) is 1.47. The van der Waals surface area contributed by atoms with E-state index in [1.54, 1.807) is 18.2 Å². The maximum absolute atomic E-state index is 10.3. The smallest absolute Gasteiger partial charge is 0.163 e. The van der Waals surface area contributed by atoms with E-state index >= 15 is 0 Å². The predicted molar refractivity (Wildman–Crippen MR) is 50.3 cm³/mol. The summed E-state index contributed by atoms with van der Waals surface area (Å²) in [5.74, 6) is 0. The minimum absolute atomic E-state index is 0.0906. The van der Waals surface area contributed by atoms with Gasteiger partial charge in [0.15, 0.2) is 0 Å². The van der Waals surface area contributed by atoms with Crippen LogP contribution in [0.25, 0.3) is 10.4 Å². The molecule has 0 radical (unpaired) electrons. The Hall–Kier alpha value is -1.85. The maximum atomic E-state index is 10.3. The zero-order valence-corrected chi connectivity index (χ0v) is 7.85. The van der Waals surface area contributed by atoms with Gasteiger partial charge in [-0.05, 0) is 17.2 Å². The molecule has 0 aromatic heterocycles. The van der Waals surface area contributed by atoms with Crippen LogP contribution in [0, 0.1) is 0 Å². The topological polar surface area (TPSA) is 95.3 Å². The van der Waals surface area contributed by atoms with Crippen LogP contribution in [-0.4, -0.2) is 8.42 Å². The zero-order valence-electron chi connectivity index (χ0n) is 7.03. The molecule has 0 fully saturated rings. The molecule has 0 amide bonds. The molecule has 0 saturated heterocycles. The molecule has 1 aromatic rings. The molecule has 0 atom stereocenters. The summed E-state index contributed by atoms with van der Waals surface area (Å²) in [6, 6.07) is 6.57. The molecule has 0 aliphatic carbocycles. The predicted octanol–water partition coefficient (Wildman–Crippen LogP) is 2.19. The maximum Gasteiger partial charge on any atom is 0.316 e. The fourth-order valence-corrected chi connectivity index (χ4v) is 1.26. The minimum atomic E-state index is -2.49. The van der Waals surface area contributed by atoms with Crippen molar-refractivity contribution in [3.8, 4) is 0 Å². The van der Waals surface area contributed by atoms with Gasteiger partial charge in [-0.15, -0.1) is 4.36 Å². The van der Waals surface area contributed by atoms with Crippen molar-refractivity contribution in [1.29, 1.82) is 0 Å². The Bertz CT molecular complexity index is 494. The lowest BCUT2D eigenvalue weighted by molar-refractivity contribution is 0.622. The van der Waals surface area contributed by atoms with E-state index in [2.05, 4.69) is 14.4 Å². The molecule has 1 aromatic carbocycles. The van der Waals surface area contributed by atoms with Crippen LogP contribution in [0.4, 0.5) is 5.69 Å². The van der Waals surface area contributed by atoms with E-state index in [-0.39, 0.29) is 6.54 Å². The molecule has 0 aliphatic heterocycles. The van der Waals surface area contributed by atoms with E-state index in [0.29, 0.717) is 11.3 Å². The van der Waals surface area contributed by atoms with Crippen LogP contribution in [0.3, 0.4) is 0 Å². The summed E-state index contributed by atoms with van der Waals surface area (Å²) in [4.78, 5) is 2.58. The lowest BCUT2D eigenvalue weighted by Gasteiger charge is -1.97. The van der Waals surface area contributed by atoms with Crippen LogP contribution in [0.15, 0.2) is 33.7 Å². The van der Waals surface area contributed by atoms with Crippen LogP contribution >= 0.6 is 0 Å².